The Morgan fingerprint density at radius 2 is 0.559 bits per heavy atom. The first-order chi connectivity index (χ1) is 28.7. The molecule has 59 heavy (non-hydrogen) atoms. The molecule has 0 aliphatic rings. The van der Waals surface area contributed by atoms with Crippen molar-refractivity contribution in [2.75, 3.05) is 13.2 Å². The fourth-order valence-corrected chi connectivity index (χ4v) is 7.99. The molecule has 0 aliphatic heterocycles. The number of esters is 3. The molecule has 350 valence electrons. The van der Waals surface area contributed by atoms with Crippen LogP contribution in [0.2, 0.25) is 0 Å². The molecule has 0 aromatic heterocycles. The summed E-state index contributed by atoms with van der Waals surface area (Å²) in [6.45, 7) is 11.3. The van der Waals surface area contributed by atoms with Crippen LogP contribution in [0.3, 0.4) is 0 Å². The van der Waals surface area contributed by atoms with Crippen LogP contribution < -0.4 is 0 Å². The van der Waals surface area contributed by atoms with Crippen molar-refractivity contribution in [1.29, 1.82) is 0 Å². The van der Waals surface area contributed by atoms with E-state index in [0.29, 0.717) is 19.3 Å². The first-order valence-corrected chi connectivity index (χ1v) is 26.2. The van der Waals surface area contributed by atoms with Gasteiger partial charge in [-0.3, -0.25) is 14.4 Å². The summed E-state index contributed by atoms with van der Waals surface area (Å²) < 4.78 is 16.8. The van der Waals surface area contributed by atoms with Crippen molar-refractivity contribution in [3.05, 3.63) is 0 Å². The van der Waals surface area contributed by atoms with E-state index < -0.39 is 6.10 Å². The lowest BCUT2D eigenvalue weighted by atomic mass is 10.0. The molecule has 0 unspecified atom stereocenters. The van der Waals surface area contributed by atoms with E-state index in [1.165, 1.54) is 180 Å². The summed E-state index contributed by atoms with van der Waals surface area (Å²) >= 11 is 0. The zero-order valence-corrected chi connectivity index (χ0v) is 40.4. The second-order valence-electron chi connectivity index (χ2n) is 19.1. The van der Waals surface area contributed by atoms with E-state index in [2.05, 4.69) is 34.6 Å². The fourth-order valence-electron chi connectivity index (χ4n) is 7.99. The lowest BCUT2D eigenvalue weighted by molar-refractivity contribution is -0.167. The van der Waals surface area contributed by atoms with Gasteiger partial charge in [0.15, 0.2) is 6.10 Å². The summed E-state index contributed by atoms with van der Waals surface area (Å²) in [5.41, 5.74) is 0. The van der Waals surface area contributed by atoms with Gasteiger partial charge in [-0.15, -0.1) is 0 Å². The van der Waals surface area contributed by atoms with Crippen molar-refractivity contribution < 1.29 is 28.6 Å². The minimum absolute atomic E-state index is 0.0642. The largest absolute Gasteiger partial charge is 0.462 e. The van der Waals surface area contributed by atoms with E-state index >= 15 is 0 Å². The Hall–Kier alpha value is -1.59. The average molecular weight is 835 g/mol. The number of carbonyl (C=O) groups is 3. The number of carbonyl (C=O) groups excluding carboxylic acids is 3. The molecule has 0 spiro atoms. The third-order valence-electron chi connectivity index (χ3n) is 12.0. The predicted octanol–water partition coefficient (Wildman–Crippen LogP) is 16.9. The average Bonchev–Trinajstić information content (AvgIpc) is 3.20. The molecule has 0 heterocycles. The molecule has 0 N–H and O–H groups in total. The van der Waals surface area contributed by atoms with Gasteiger partial charge in [0.25, 0.3) is 0 Å². The van der Waals surface area contributed by atoms with Gasteiger partial charge in [0.1, 0.15) is 13.2 Å². The number of hydrogen-bond donors (Lipinski definition) is 0. The SMILES string of the molecule is CCCCCCCCCCCCCCCCCC(=O)OC[C@@H](COC(=O)CCCCCCCCC(C)C)OC(=O)CCCCCCCCCCCCCCCCC(C)C. The predicted molar refractivity (Wildman–Crippen MR) is 252 cm³/mol. The van der Waals surface area contributed by atoms with Crippen LogP contribution in [0.1, 0.15) is 291 Å². The van der Waals surface area contributed by atoms with Crippen LogP contribution in [0.15, 0.2) is 0 Å². The molecule has 0 aliphatic carbocycles. The summed E-state index contributed by atoms with van der Waals surface area (Å²) in [6.07, 6.45) is 46.7. The van der Waals surface area contributed by atoms with Crippen LogP contribution in [0.4, 0.5) is 0 Å². The topological polar surface area (TPSA) is 78.9 Å². The van der Waals surface area contributed by atoms with Crippen LogP contribution >= 0.6 is 0 Å². The molecule has 1 atom stereocenters. The van der Waals surface area contributed by atoms with Crippen LogP contribution in [0.5, 0.6) is 0 Å². The highest BCUT2D eigenvalue weighted by atomic mass is 16.6. The summed E-state index contributed by atoms with van der Waals surface area (Å²) in [5, 5.41) is 0. The molecule has 0 aromatic carbocycles. The van der Waals surface area contributed by atoms with Crippen molar-refractivity contribution in [3.63, 3.8) is 0 Å². The van der Waals surface area contributed by atoms with E-state index in [0.717, 1.165) is 69.6 Å². The van der Waals surface area contributed by atoms with Crippen LogP contribution in [0.25, 0.3) is 0 Å². The lowest BCUT2D eigenvalue weighted by Crippen LogP contribution is -2.30. The smallest absolute Gasteiger partial charge is 0.306 e. The molecule has 6 nitrogen and oxygen atoms in total. The third kappa shape index (κ3) is 47.3. The van der Waals surface area contributed by atoms with Gasteiger partial charge in [0.05, 0.1) is 0 Å². The van der Waals surface area contributed by atoms with Gasteiger partial charge in [-0.1, -0.05) is 253 Å². The van der Waals surface area contributed by atoms with E-state index in [4.69, 9.17) is 14.2 Å². The molecule has 0 fully saturated rings. The molecular weight excluding hydrogens is 733 g/mol. The molecule has 0 aromatic rings. The van der Waals surface area contributed by atoms with Gasteiger partial charge in [-0.05, 0) is 31.1 Å². The summed E-state index contributed by atoms with van der Waals surface area (Å²) in [6, 6.07) is 0. The van der Waals surface area contributed by atoms with Gasteiger partial charge in [0, 0.05) is 19.3 Å². The second kappa shape index (κ2) is 45.9. The highest BCUT2D eigenvalue weighted by Gasteiger charge is 2.19. The van der Waals surface area contributed by atoms with Crippen LogP contribution in [-0.2, 0) is 28.6 Å². The molecule has 0 saturated carbocycles. The molecule has 0 saturated heterocycles. The molecular formula is C53H102O6. The van der Waals surface area contributed by atoms with Gasteiger partial charge in [0.2, 0.25) is 0 Å². The Labute approximate surface area is 368 Å². The number of rotatable bonds is 47. The molecule has 0 radical (unpaired) electrons. The Kier molecular flexibility index (Phi) is 44.7. The summed E-state index contributed by atoms with van der Waals surface area (Å²) in [5.74, 6) is 0.755. The number of unbranched alkanes of at least 4 members (excludes halogenated alkanes) is 32. The van der Waals surface area contributed by atoms with Gasteiger partial charge < -0.3 is 14.2 Å². The first-order valence-electron chi connectivity index (χ1n) is 26.2. The maximum atomic E-state index is 12.8. The van der Waals surface area contributed by atoms with E-state index in [9.17, 15) is 14.4 Å². The maximum Gasteiger partial charge on any atom is 0.306 e. The molecule has 6 heteroatoms. The Morgan fingerprint density at radius 1 is 0.322 bits per heavy atom. The van der Waals surface area contributed by atoms with Gasteiger partial charge >= 0.3 is 17.9 Å². The fraction of sp³-hybridized carbons (Fsp3) is 0.943. The Bertz CT molecular complexity index is 900. The minimum atomic E-state index is -0.762. The van der Waals surface area contributed by atoms with E-state index in [1.54, 1.807) is 0 Å². The number of hydrogen-bond acceptors (Lipinski definition) is 6. The highest BCUT2D eigenvalue weighted by molar-refractivity contribution is 5.71. The molecule has 0 bridgehead atoms. The van der Waals surface area contributed by atoms with Crippen molar-refractivity contribution in [2.24, 2.45) is 11.8 Å². The third-order valence-corrected chi connectivity index (χ3v) is 12.0. The van der Waals surface area contributed by atoms with Gasteiger partial charge in [-0.2, -0.15) is 0 Å². The monoisotopic (exact) mass is 835 g/mol. The van der Waals surface area contributed by atoms with E-state index in [1.807, 2.05) is 0 Å². The number of ether oxygens (including phenoxy) is 3. The standard InChI is InChI=1S/C53H102O6/c1-6-7-8-9-10-11-12-13-14-18-21-24-27-33-38-43-51(54)57-46-50(47-58-52(55)44-39-34-30-29-32-37-42-49(4)5)59-53(56)45-40-35-28-25-22-19-16-15-17-20-23-26-31-36-41-48(2)3/h48-50H,6-47H2,1-5H3/t50-/m0/s1. The van der Waals surface area contributed by atoms with Gasteiger partial charge in [-0.25, -0.2) is 0 Å². The van der Waals surface area contributed by atoms with E-state index in [-0.39, 0.29) is 31.1 Å². The van der Waals surface area contributed by atoms with Crippen molar-refractivity contribution in [1.82, 2.24) is 0 Å². The maximum absolute atomic E-state index is 12.8. The zero-order valence-electron chi connectivity index (χ0n) is 40.4. The van der Waals surface area contributed by atoms with Crippen molar-refractivity contribution in [2.45, 2.75) is 298 Å². The normalized spacial score (nSPS) is 12.1. The molecule has 0 amide bonds. The highest BCUT2D eigenvalue weighted by Crippen LogP contribution is 2.17. The quantitative estimate of drug-likeness (QED) is 0.0345. The zero-order chi connectivity index (χ0) is 43.3. The van der Waals surface area contributed by atoms with Crippen LogP contribution in [0, 0.1) is 11.8 Å². The second-order valence-corrected chi connectivity index (χ2v) is 19.1. The Morgan fingerprint density at radius 3 is 0.831 bits per heavy atom. The summed E-state index contributed by atoms with van der Waals surface area (Å²) in [7, 11) is 0. The Balaban J connectivity index is 4.26. The van der Waals surface area contributed by atoms with Crippen LogP contribution in [-0.4, -0.2) is 37.2 Å². The van der Waals surface area contributed by atoms with Crippen molar-refractivity contribution >= 4 is 17.9 Å². The summed E-state index contributed by atoms with van der Waals surface area (Å²) in [4.78, 5) is 37.9. The minimum Gasteiger partial charge on any atom is -0.462 e. The van der Waals surface area contributed by atoms with Crippen molar-refractivity contribution in [3.8, 4) is 0 Å². The lowest BCUT2D eigenvalue weighted by Gasteiger charge is -2.18. The molecule has 0 rings (SSSR count). The first kappa shape index (κ1) is 57.4.